The fourth-order valence-corrected chi connectivity index (χ4v) is 6.21. The van der Waals surface area contributed by atoms with Crippen molar-refractivity contribution in [3.63, 3.8) is 0 Å². The molecule has 4 aromatic heterocycles. The maximum absolute atomic E-state index is 14.8. The van der Waals surface area contributed by atoms with E-state index >= 15 is 0 Å². The highest BCUT2D eigenvalue weighted by Crippen LogP contribution is 2.29. The number of nitrogens with zero attached hydrogens (tertiary/aromatic N) is 4. The molecule has 4 N–H and O–H groups in total. The van der Waals surface area contributed by atoms with E-state index in [1.54, 1.807) is 18.3 Å². The average molecular weight is 719 g/mol. The average Bonchev–Trinajstić information content (AvgIpc) is 3.59. The maximum atomic E-state index is 14.8. The van der Waals surface area contributed by atoms with Crippen LogP contribution in [0.2, 0.25) is 0 Å². The number of carbonyl (C=O) groups is 2. The van der Waals surface area contributed by atoms with Crippen LogP contribution in [0.1, 0.15) is 47.3 Å². The van der Waals surface area contributed by atoms with Gasteiger partial charge in [-0.3, -0.25) is 9.78 Å². The SMILES string of the molecule is O=C(NCCc1ccc(Oc2ccccc2)cc1)OCc1ccnc(C(=O)N[C@H]2CCC[C@@H](Nc3nc(-c4c[nH]c5ncc(F)cc45)ncc3F)C2)c1. The fraction of sp³-hybridized carbons (Fsp3) is 0.231. The van der Waals surface area contributed by atoms with E-state index in [0.717, 1.165) is 48.7 Å². The number of ether oxygens (including phenoxy) is 2. The molecule has 7 rings (SSSR count). The van der Waals surface area contributed by atoms with Gasteiger partial charge in [0.05, 0.1) is 12.4 Å². The number of aromatic amines is 1. The van der Waals surface area contributed by atoms with Crippen molar-refractivity contribution in [2.75, 3.05) is 11.9 Å². The molecule has 14 heteroatoms. The van der Waals surface area contributed by atoms with Crippen LogP contribution in [0.15, 0.2) is 97.6 Å². The number of alkyl carbamates (subject to hydrolysis) is 1. The van der Waals surface area contributed by atoms with E-state index in [1.165, 1.54) is 12.3 Å². The van der Waals surface area contributed by atoms with E-state index < -0.39 is 17.7 Å². The number of fused-ring (bicyclic) bond motifs is 1. The molecule has 1 saturated carbocycles. The normalized spacial score (nSPS) is 15.4. The first-order valence-electron chi connectivity index (χ1n) is 17.3. The first-order valence-corrected chi connectivity index (χ1v) is 17.3. The van der Waals surface area contributed by atoms with Crippen LogP contribution in [-0.4, -0.2) is 55.5 Å². The third-order valence-corrected chi connectivity index (χ3v) is 8.85. The Kier molecular flexibility index (Phi) is 10.7. The zero-order valence-corrected chi connectivity index (χ0v) is 28.5. The van der Waals surface area contributed by atoms with Crippen LogP contribution in [0.25, 0.3) is 22.4 Å². The molecule has 0 saturated heterocycles. The number of hydrogen-bond donors (Lipinski definition) is 4. The molecule has 0 spiro atoms. The number of H-pyrrole nitrogens is 1. The van der Waals surface area contributed by atoms with Gasteiger partial charge in [-0.05, 0) is 85.7 Å². The smallest absolute Gasteiger partial charge is 0.407 e. The topological polar surface area (TPSA) is 156 Å². The fourth-order valence-electron chi connectivity index (χ4n) is 6.21. The Morgan fingerprint density at radius 2 is 1.70 bits per heavy atom. The van der Waals surface area contributed by atoms with Gasteiger partial charge in [0.2, 0.25) is 0 Å². The molecule has 6 aromatic rings. The number of anilines is 1. The Morgan fingerprint density at radius 3 is 2.55 bits per heavy atom. The molecule has 1 fully saturated rings. The Labute approximate surface area is 303 Å². The van der Waals surface area contributed by atoms with E-state index in [0.29, 0.717) is 41.5 Å². The molecule has 1 aliphatic carbocycles. The summed E-state index contributed by atoms with van der Waals surface area (Å²) >= 11 is 0. The van der Waals surface area contributed by atoms with Crippen LogP contribution in [0.5, 0.6) is 11.5 Å². The minimum Gasteiger partial charge on any atom is -0.457 e. The number of pyridine rings is 2. The quantitative estimate of drug-likeness (QED) is 0.104. The molecular weight excluding hydrogens is 682 g/mol. The summed E-state index contributed by atoms with van der Waals surface area (Å²) < 4.78 is 39.9. The summed E-state index contributed by atoms with van der Waals surface area (Å²) in [6, 6.07) is 21.4. The maximum Gasteiger partial charge on any atom is 0.407 e. The number of nitrogens with one attached hydrogen (secondary N) is 4. The number of amides is 2. The molecule has 270 valence electrons. The minimum absolute atomic E-state index is 0.0207. The molecular formula is C39H36F2N8O4. The highest BCUT2D eigenvalue weighted by Gasteiger charge is 2.26. The highest BCUT2D eigenvalue weighted by molar-refractivity contribution is 5.93. The van der Waals surface area contributed by atoms with Crippen LogP contribution in [0.3, 0.4) is 0 Å². The Balaban J connectivity index is 0.869. The first kappa shape index (κ1) is 35.0. The van der Waals surface area contributed by atoms with Gasteiger partial charge in [-0.1, -0.05) is 30.3 Å². The van der Waals surface area contributed by atoms with Gasteiger partial charge in [-0.2, -0.15) is 0 Å². The van der Waals surface area contributed by atoms with Gasteiger partial charge >= 0.3 is 6.09 Å². The molecule has 0 aliphatic heterocycles. The summed E-state index contributed by atoms with van der Waals surface area (Å²) in [7, 11) is 0. The molecule has 2 aromatic carbocycles. The largest absolute Gasteiger partial charge is 0.457 e. The molecule has 0 radical (unpaired) electrons. The lowest BCUT2D eigenvalue weighted by molar-refractivity contribution is 0.0921. The van der Waals surface area contributed by atoms with Crippen LogP contribution >= 0.6 is 0 Å². The van der Waals surface area contributed by atoms with Gasteiger partial charge in [-0.15, -0.1) is 0 Å². The minimum atomic E-state index is -0.624. The molecule has 12 nitrogen and oxygen atoms in total. The number of halogens is 2. The van der Waals surface area contributed by atoms with E-state index in [4.69, 9.17) is 9.47 Å². The molecule has 53 heavy (non-hydrogen) atoms. The molecule has 4 heterocycles. The summed E-state index contributed by atoms with van der Waals surface area (Å²) in [6.45, 7) is 0.346. The lowest BCUT2D eigenvalue weighted by Gasteiger charge is -2.30. The molecule has 0 unspecified atom stereocenters. The van der Waals surface area contributed by atoms with Gasteiger partial charge in [0.25, 0.3) is 5.91 Å². The Morgan fingerprint density at radius 1 is 0.887 bits per heavy atom. The van der Waals surface area contributed by atoms with Crippen LogP contribution in [0.4, 0.5) is 19.4 Å². The highest BCUT2D eigenvalue weighted by atomic mass is 19.1. The van der Waals surface area contributed by atoms with Crippen molar-refractivity contribution in [1.82, 2.24) is 35.6 Å². The molecule has 1 aliphatic rings. The third kappa shape index (κ3) is 9.08. The molecule has 2 atom stereocenters. The van der Waals surface area contributed by atoms with E-state index in [1.807, 2.05) is 54.6 Å². The number of carbonyl (C=O) groups excluding carboxylic acids is 2. The Hall–Kier alpha value is -6.44. The zero-order valence-electron chi connectivity index (χ0n) is 28.5. The second-order valence-corrected chi connectivity index (χ2v) is 12.7. The first-order chi connectivity index (χ1) is 25.9. The van der Waals surface area contributed by atoms with Crippen molar-refractivity contribution in [2.24, 2.45) is 0 Å². The van der Waals surface area contributed by atoms with Crippen molar-refractivity contribution in [3.05, 3.63) is 126 Å². The number of benzene rings is 2. The van der Waals surface area contributed by atoms with Crippen LogP contribution in [0, 0.1) is 11.6 Å². The second-order valence-electron chi connectivity index (χ2n) is 12.7. The van der Waals surface area contributed by atoms with Crippen molar-refractivity contribution >= 4 is 28.9 Å². The lowest BCUT2D eigenvalue weighted by atomic mass is 9.91. The summed E-state index contributed by atoms with van der Waals surface area (Å²) in [4.78, 5) is 45.3. The number of aromatic nitrogens is 5. The third-order valence-electron chi connectivity index (χ3n) is 8.85. The number of rotatable bonds is 12. The summed E-state index contributed by atoms with van der Waals surface area (Å²) in [5.74, 6) is 0.231. The summed E-state index contributed by atoms with van der Waals surface area (Å²) in [5, 5.41) is 9.44. The van der Waals surface area contributed by atoms with Crippen molar-refractivity contribution in [3.8, 4) is 22.9 Å². The van der Waals surface area contributed by atoms with Crippen LogP contribution in [-0.2, 0) is 17.8 Å². The molecule has 0 bridgehead atoms. The standard InChI is InChI=1S/C39H36F2N8O4/c40-26-18-31-32(21-45-35(31)44-20-26)36-46-22-33(41)37(49-36)47-27-5-4-6-28(19-27)48-38(50)34-17-25(14-15-42-34)23-52-39(51)43-16-13-24-9-11-30(12-10-24)53-29-7-2-1-3-8-29/h1-3,7-12,14-15,17-18,20-22,27-28H,4-6,13,16,19,23H2,(H,43,51)(H,44,45)(H,48,50)(H,46,47,49)/t27-,28+/m1/s1. The molecule has 2 amide bonds. The Bertz CT molecular complexity index is 2200. The van der Waals surface area contributed by atoms with Crippen molar-refractivity contribution < 1.29 is 27.8 Å². The van der Waals surface area contributed by atoms with E-state index in [-0.39, 0.29) is 41.9 Å². The van der Waals surface area contributed by atoms with Gasteiger partial charge in [0, 0.05) is 42.0 Å². The second kappa shape index (κ2) is 16.3. The van der Waals surface area contributed by atoms with Gasteiger partial charge in [0.1, 0.15) is 35.3 Å². The summed E-state index contributed by atoms with van der Waals surface area (Å²) in [5.41, 5.74) is 2.80. The van der Waals surface area contributed by atoms with Gasteiger partial charge in [0.15, 0.2) is 17.5 Å². The predicted molar refractivity (Wildman–Crippen MR) is 193 cm³/mol. The zero-order chi connectivity index (χ0) is 36.6. The predicted octanol–water partition coefficient (Wildman–Crippen LogP) is 7.11. The van der Waals surface area contributed by atoms with Gasteiger partial charge < -0.3 is 30.4 Å². The lowest BCUT2D eigenvalue weighted by Crippen LogP contribution is -2.42. The van der Waals surface area contributed by atoms with Crippen LogP contribution < -0.4 is 20.7 Å². The number of para-hydroxylation sites is 1. The van der Waals surface area contributed by atoms with E-state index in [2.05, 4.69) is 40.9 Å². The number of hydrogen-bond acceptors (Lipinski definition) is 9. The van der Waals surface area contributed by atoms with Crippen molar-refractivity contribution in [1.29, 1.82) is 0 Å². The monoisotopic (exact) mass is 718 g/mol. The van der Waals surface area contributed by atoms with Crippen molar-refractivity contribution in [2.45, 2.75) is 50.8 Å². The summed E-state index contributed by atoms with van der Waals surface area (Å²) in [6.07, 6.45) is 8.13. The van der Waals surface area contributed by atoms with Gasteiger partial charge in [-0.25, -0.2) is 28.5 Å². The van der Waals surface area contributed by atoms with E-state index in [9.17, 15) is 18.4 Å².